The van der Waals surface area contributed by atoms with Gasteiger partial charge in [0.05, 0.1) is 11.9 Å². The first kappa shape index (κ1) is 18.4. The Bertz CT molecular complexity index is 944. The second-order valence-corrected chi connectivity index (χ2v) is 8.52. The third kappa shape index (κ3) is 3.88. The lowest BCUT2D eigenvalue weighted by molar-refractivity contribution is -0.119. The molecule has 2 aromatic rings. The quantitative estimate of drug-likeness (QED) is 0.872. The molecule has 0 aromatic heterocycles. The fourth-order valence-electron chi connectivity index (χ4n) is 3.12. The second-order valence-electron chi connectivity index (χ2n) is 6.61. The van der Waals surface area contributed by atoms with Gasteiger partial charge in [0.25, 0.3) is 0 Å². The largest absolute Gasteiger partial charge is 0.326 e. The number of hydrogen-bond donors (Lipinski definition) is 1. The van der Waals surface area contributed by atoms with E-state index in [9.17, 15) is 17.6 Å². The summed E-state index contributed by atoms with van der Waals surface area (Å²) in [4.78, 5) is 12.4. The maximum atomic E-state index is 13.8. The number of halogens is 1. The van der Waals surface area contributed by atoms with Crippen LogP contribution < -0.4 is 9.62 Å². The summed E-state index contributed by atoms with van der Waals surface area (Å²) >= 11 is 0. The molecular weight excluding hydrogens is 355 g/mol. The Kier molecular flexibility index (Phi) is 5.00. The van der Waals surface area contributed by atoms with E-state index >= 15 is 0 Å². The predicted molar refractivity (Wildman–Crippen MR) is 100 cm³/mol. The van der Waals surface area contributed by atoms with Crippen molar-refractivity contribution in [2.45, 2.75) is 19.8 Å². The van der Waals surface area contributed by atoms with E-state index in [-0.39, 0.29) is 11.7 Å². The van der Waals surface area contributed by atoms with Crippen LogP contribution in [0.2, 0.25) is 0 Å². The zero-order valence-corrected chi connectivity index (χ0v) is 15.5. The summed E-state index contributed by atoms with van der Waals surface area (Å²) in [5.74, 6) is -0.989. The van der Waals surface area contributed by atoms with Gasteiger partial charge in [-0.1, -0.05) is 31.2 Å². The molecule has 3 rings (SSSR count). The van der Waals surface area contributed by atoms with E-state index in [1.54, 1.807) is 37.3 Å². The molecule has 7 heteroatoms. The Balaban J connectivity index is 1.73. The summed E-state index contributed by atoms with van der Waals surface area (Å²) in [6.07, 6.45) is 2.11. The molecule has 1 heterocycles. The van der Waals surface area contributed by atoms with Crippen LogP contribution in [0.25, 0.3) is 0 Å². The van der Waals surface area contributed by atoms with Crippen molar-refractivity contribution in [2.75, 3.05) is 22.4 Å². The molecular formula is C19H21FN2O3S. The number of sulfonamides is 1. The first-order valence-corrected chi connectivity index (χ1v) is 10.3. The van der Waals surface area contributed by atoms with Crippen LogP contribution in [0.1, 0.15) is 18.1 Å². The number of amides is 1. The molecule has 0 aliphatic carbocycles. The van der Waals surface area contributed by atoms with E-state index in [1.165, 1.54) is 16.6 Å². The zero-order chi connectivity index (χ0) is 18.9. The summed E-state index contributed by atoms with van der Waals surface area (Å²) in [6, 6.07) is 11.7. The SMILES string of the molecule is CC(Cc1ccccc1F)C(=O)Nc1ccc2c(c1)N(S(C)(=O)=O)CC2. The number of nitrogens with zero attached hydrogens (tertiary/aromatic N) is 1. The lowest BCUT2D eigenvalue weighted by Gasteiger charge is -2.18. The Labute approximate surface area is 152 Å². The molecule has 0 spiro atoms. The van der Waals surface area contributed by atoms with Gasteiger partial charge in [-0.3, -0.25) is 9.10 Å². The topological polar surface area (TPSA) is 66.5 Å². The molecule has 0 fully saturated rings. The Morgan fingerprint density at radius 3 is 2.69 bits per heavy atom. The van der Waals surface area contributed by atoms with Crippen molar-refractivity contribution in [3.05, 3.63) is 59.4 Å². The molecule has 2 aromatic carbocycles. The first-order chi connectivity index (χ1) is 12.3. The first-order valence-electron chi connectivity index (χ1n) is 8.40. The molecule has 138 valence electrons. The van der Waals surface area contributed by atoms with Crippen molar-refractivity contribution >= 4 is 27.3 Å². The molecule has 0 saturated carbocycles. The van der Waals surface area contributed by atoms with Gasteiger partial charge in [0.1, 0.15) is 5.82 Å². The van der Waals surface area contributed by atoms with Crippen molar-refractivity contribution in [1.29, 1.82) is 0 Å². The van der Waals surface area contributed by atoms with Gasteiger partial charge < -0.3 is 5.32 Å². The third-order valence-corrected chi connectivity index (χ3v) is 5.72. The minimum absolute atomic E-state index is 0.239. The number of carbonyl (C=O) groups is 1. The summed E-state index contributed by atoms with van der Waals surface area (Å²) < 4.78 is 38.9. The van der Waals surface area contributed by atoms with E-state index in [0.717, 1.165) is 5.56 Å². The van der Waals surface area contributed by atoms with Crippen LogP contribution in [0.4, 0.5) is 15.8 Å². The predicted octanol–water partition coefficient (Wildman–Crippen LogP) is 2.97. The van der Waals surface area contributed by atoms with Crippen molar-refractivity contribution in [1.82, 2.24) is 0 Å². The molecule has 1 unspecified atom stereocenters. The zero-order valence-electron chi connectivity index (χ0n) is 14.7. The van der Waals surface area contributed by atoms with Gasteiger partial charge in [-0.2, -0.15) is 0 Å². The van der Waals surface area contributed by atoms with Gasteiger partial charge in [-0.05, 0) is 42.2 Å². The number of rotatable bonds is 5. The number of benzene rings is 2. The van der Waals surface area contributed by atoms with E-state index in [2.05, 4.69) is 5.32 Å². The van der Waals surface area contributed by atoms with Crippen LogP contribution in [0, 0.1) is 11.7 Å². The molecule has 1 N–H and O–H groups in total. The Morgan fingerprint density at radius 2 is 2.00 bits per heavy atom. The summed E-state index contributed by atoms with van der Waals surface area (Å²) in [5, 5.41) is 2.80. The Morgan fingerprint density at radius 1 is 1.27 bits per heavy atom. The highest BCUT2D eigenvalue weighted by Crippen LogP contribution is 2.32. The fraction of sp³-hybridized carbons (Fsp3) is 0.316. The normalized spacial score (nSPS) is 14.8. The average Bonchev–Trinajstić information content (AvgIpc) is 3.00. The van der Waals surface area contributed by atoms with E-state index in [4.69, 9.17) is 0 Å². The van der Waals surface area contributed by atoms with E-state index < -0.39 is 15.9 Å². The smallest absolute Gasteiger partial charge is 0.232 e. The van der Waals surface area contributed by atoms with E-state index in [1.807, 2.05) is 6.07 Å². The van der Waals surface area contributed by atoms with Gasteiger partial charge >= 0.3 is 0 Å². The molecule has 1 amide bonds. The number of carbonyl (C=O) groups excluding carboxylic acids is 1. The average molecular weight is 376 g/mol. The van der Waals surface area contributed by atoms with Crippen molar-refractivity contribution in [2.24, 2.45) is 5.92 Å². The fourth-order valence-corrected chi connectivity index (χ4v) is 4.07. The number of nitrogens with one attached hydrogen (secondary N) is 1. The van der Waals surface area contributed by atoms with Crippen molar-refractivity contribution in [3.8, 4) is 0 Å². The minimum Gasteiger partial charge on any atom is -0.326 e. The lowest BCUT2D eigenvalue weighted by atomic mass is 10.00. The van der Waals surface area contributed by atoms with Crippen LogP contribution in [0.15, 0.2) is 42.5 Å². The number of anilines is 2. The van der Waals surface area contributed by atoms with Crippen LogP contribution >= 0.6 is 0 Å². The van der Waals surface area contributed by atoms with Gasteiger partial charge in [-0.25, -0.2) is 12.8 Å². The molecule has 0 bridgehead atoms. The van der Waals surface area contributed by atoms with Crippen molar-refractivity contribution < 1.29 is 17.6 Å². The summed E-state index contributed by atoms with van der Waals surface area (Å²) in [5.41, 5.74) is 2.57. The number of hydrogen-bond acceptors (Lipinski definition) is 3. The second kappa shape index (κ2) is 7.07. The van der Waals surface area contributed by atoms with Gasteiger partial charge in [0, 0.05) is 18.2 Å². The van der Waals surface area contributed by atoms with Gasteiger partial charge in [-0.15, -0.1) is 0 Å². The summed E-state index contributed by atoms with van der Waals surface area (Å²) in [6.45, 7) is 2.15. The maximum absolute atomic E-state index is 13.8. The standard InChI is InChI=1S/C19H21FN2O3S/c1-13(11-15-5-3-4-6-17(15)20)19(23)21-16-8-7-14-9-10-22(18(14)12-16)26(2,24)25/h3-8,12-13H,9-11H2,1-2H3,(H,21,23). The molecule has 1 aliphatic heterocycles. The maximum Gasteiger partial charge on any atom is 0.232 e. The highest BCUT2D eigenvalue weighted by atomic mass is 32.2. The highest BCUT2D eigenvalue weighted by Gasteiger charge is 2.26. The van der Waals surface area contributed by atoms with E-state index in [0.29, 0.717) is 36.3 Å². The molecule has 1 aliphatic rings. The van der Waals surface area contributed by atoms with Crippen molar-refractivity contribution in [3.63, 3.8) is 0 Å². The highest BCUT2D eigenvalue weighted by molar-refractivity contribution is 7.92. The Hall–Kier alpha value is -2.41. The molecule has 5 nitrogen and oxygen atoms in total. The van der Waals surface area contributed by atoms with Crippen LogP contribution in [-0.4, -0.2) is 27.1 Å². The lowest BCUT2D eigenvalue weighted by Crippen LogP contribution is -2.27. The van der Waals surface area contributed by atoms with Gasteiger partial charge in [0.2, 0.25) is 15.9 Å². The summed E-state index contributed by atoms with van der Waals surface area (Å²) in [7, 11) is -3.34. The van der Waals surface area contributed by atoms with Crippen LogP contribution in [0.5, 0.6) is 0 Å². The molecule has 0 saturated heterocycles. The van der Waals surface area contributed by atoms with Crippen LogP contribution in [0.3, 0.4) is 0 Å². The molecule has 1 atom stereocenters. The molecule has 0 radical (unpaired) electrons. The molecule has 26 heavy (non-hydrogen) atoms. The minimum atomic E-state index is -3.34. The third-order valence-electron chi connectivity index (χ3n) is 4.54. The number of fused-ring (bicyclic) bond motifs is 1. The van der Waals surface area contributed by atoms with Gasteiger partial charge in [0.15, 0.2) is 0 Å². The monoisotopic (exact) mass is 376 g/mol. The van der Waals surface area contributed by atoms with Crippen LogP contribution in [-0.2, 0) is 27.7 Å².